The van der Waals surface area contributed by atoms with E-state index in [1.165, 1.54) is 44.9 Å². The Hall–Kier alpha value is -0.120. The SMILES string of the molecule is CNCC1(OCC2CCCCO2)CCCC1. The van der Waals surface area contributed by atoms with E-state index in [1.54, 1.807) is 0 Å². The molecular weight excluding hydrogens is 202 g/mol. The second kappa shape index (κ2) is 5.99. The van der Waals surface area contributed by atoms with Crippen molar-refractivity contribution in [1.82, 2.24) is 5.32 Å². The van der Waals surface area contributed by atoms with Crippen LogP contribution in [0.2, 0.25) is 0 Å². The van der Waals surface area contributed by atoms with Gasteiger partial charge in [0, 0.05) is 13.2 Å². The van der Waals surface area contributed by atoms with Gasteiger partial charge < -0.3 is 14.8 Å². The van der Waals surface area contributed by atoms with Crippen molar-refractivity contribution in [3.05, 3.63) is 0 Å². The van der Waals surface area contributed by atoms with Crippen molar-refractivity contribution in [2.75, 3.05) is 26.8 Å². The summed E-state index contributed by atoms with van der Waals surface area (Å²) in [5.41, 5.74) is 0.107. The molecule has 0 amide bonds. The molecule has 0 aromatic carbocycles. The molecule has 2 rings (SSSR count). The van der Waals surface area contributed by atoms with E-state index in [0.717, 1.165) is 19.8 Å². The van der Waals surface area contributed by atoms with Crippen molar-refractivity contribution in [3.63, 3.8) is 0 Å². The molecule has 0 aromatic heterocycles. The summed E-state index contributed by atoms with van der Waals surface area (Å²) in [6.45, 7) is 2.70. The first-order chi connectivity index (χ1) is 7.85. The summed E-state index contributed by atoms with van der Waals surface area (Å²) in [6, 6.07) is 0. The van der Waals surface area contributed by atoms with Gasteiger partial charge in [-0.1, -0.05) is 12.8 Å². The molecule has 1 N–H and O–H groups in total. The fourth-order valence-corrected chi connectivity index (χ4v) is 2.92. The number of ether oxygens (including phenoxy) is 2. The first-order valence-corrected chi connectivity index (χ1v) is 6.75. The molecule has 0 spiro atoms. The van der Waals surface area contributed by atoms with Crippen LogP contribution >= 0.6 is 0 Å². The van der Waals surface area contributed by atoms with E-state index in [2.05, 4.69) is 5.32 Å². The van der Waals surface area contributed by atoms with Gasteiger partial charge in [-0.2, -0.15) is 0 Å². The molecule has 2 aliphatic rings. The van der Waals surface area contributed by atoms with Gasteiger partial charge in [-0.05, 0) is 39.2 Å². The summed E-state index contributed by atoms with van der Waals surface area (Å²) in [6.07, 6.45) is 9.09. The van der Waals surface area contributed by atoms with Crippen LogP contribution in [0.5, 0.6) is 0 Å². The third-order valence-electron chi connectivity index (χ3n) is 3.86. The molecule has 1 saturated carbocycles. The third kappa shape index (κ3) is 3.19. The highest BCUT2D eigenvalue weighted by Crippen LogP contribution is 2.33. The molecule has 1 unspecified atom stereocenters. The lowest BCUT2D eigenvalue weighted by molar-refractivity contribution is -0.103. The van der Waals surface area contributed by atoms with E-state index in [4.69, 9.17) is 9.47 Å². The highest BCUT2D eigenvalue weighted by atomic mass is 16.5. The van der Waals surface area contributed by atoms with Gasteiger partial charge in [-0.3, -0.25) is 0 Å². The van der Waals surface area contributed by atoms with E-state index < -0.39 is 0 Å². The summed E-state index contributed by atoms with van der Waals surface area (Å²) >= 11 is 0. The second-order valence-electron chi connectivity index (χ2n) is 5.22. The van der Waals surface area contributed by atoms with E-state index in [1.807, 2.05) is 7.05 Å². The normalized spacial score (nSPS) is 29.4. The zero-order chi connectivity index (χ0) is 11.3. The molecule has 1 atom stereocenters. The van der Waals surface area contributed by atoms with E-state index in [0.29, 0.717) is 6.10 Å². The predicted octanol–water partition coefficient (Wildman–Crippen LogP) is 2.10. The quantitative estimate of drug-likeness (QED) is 0.780. The fraction of sp³-hybridized carbons (Fsp3) is 1.00. The van der Waals surface area contributed by atoms with Gasteiger partial charge in [-0.15, -0.1) is 0 Å². The average Bonchev–Trinajstić information content (AvgIpc) is 2.78. The Morgan fingerprint density at radius 3 is 2.69 bits per heavy atom. The highest BCUT2D eigenvalue weighted by Gasteiger charge is 2.34. The van der Waals surface area contributed by atoms with Gasteiger partial charge in [0.05, 0.1) is 18.3 Å². The predicted molar refractivity (Wildman–Crippen MR) is 64.7 cm³/mol. The molecule has 1 aliphatic carbocycles. The van der Waals surface area contributed by atoms with Crippen LogP contribution in [0.4, 0.5) is 0 Å². The maximum atomic E-state index is 6.18. The molecular formula is C13H25NO2. The average molecular weight is 227 g/mol. The first kappa shape index (κ1) is 12.3. The van der Waals surface area contributed by atoms with E-state index in [-0.39, 0.29) is 5.60 Å². The van der Waals surface area contributed by atoms with Crippen molar-refractivity contribution in [2.45, 2.75) is 56.7 Å². The number of hydrogen-bond acceptors (Lipinski definition) is 3. The standard InChI is InChI=1S/C13H25NO2/c1-14-11-13(7-3-4-8-13)16-10-12-6-2-5-9-15-12/h12,14H,2-11H2,1H3. The molecule has 2 fully saturated rings. The minimum Gasteiger partial charge on any atom is -0.376 e. The van der Waals surface area contributed by atoms with Gasteiger partial charge in [0.15, 0.2) is 0 Å². The van der Waals surface area contributed by atoms with Crippen LogP contribution in [-0.4, -0.2) is 38.5 Å². The van der Waals surface area contributed by atoms with Gasteiger partial charge >= 0.3 is 0 Å². The Kier molecular flexibility index (Phi) is 4.62. The molecule has 0 aromatic rings. The van der Waals surface area contributed by atoms with Crippen LogP contribution in [-0.2, 0) is 9.47 Å². The fourth-order valence-electron chi connectivity index (χ4n) is 2.92. The summed E-state index contributed by atoms with van der Waals surface area (Å²) in [7, 11) is 2.01. The first-order valence-electron chi connectivity index (χ1n) is 6.75. The van der Waals surface area contributed by atoms with Crippen molar-refractivity contribution >= 4 is 0 Å². The Labute approximate surface area is 98.9 Å². The van der Waals surface area contributed by atoms with Crippen LogP contribution < -0.4 is 5.32 Å². The molecule has 3 nitrogen and oxygen atoms in total. The molecule has 0 bridgehead atoms. The highest BCUT2D eigenvalue weighted by molar-refractivity contribution is 4.88. The van der Waals surface area contributed by atoms with Gasteiger partial charge in [0.25, 0.3) is 0 Å². The smallest absolute Gasteiger partial charge is 0.0808 e. The number of hydrogen-bond donors (Lipinski definition) is 1. The molecule has 94 valence electrons. The van der Waals surface area contributed by atoms with Gasteiger partial charge in [0.2, 0.25) is 0 Å². The number of rotatable bonds is 5. The van der Waals surface area contributed by atoms with Crippen LogP contribution in [0.1, 0.15) is 44.9 Å². The second-order valence-corrected chi connectivity index (χ2v) is 5.22. The van der Waals surface area contributed by atoms with Crippen LogP contribution in [0.25, 0.3) is 0 Å². The van der Waals surface area contributed by atoms with Crippen LogP contribution in [0.3, 0.4) is 0 Å². The summed E-state index contributed by atoms with van der Waals surface area (Å²) in [5, 5.41) is 3.27. The molecule has 1 heterocycles. The summed E-state index contributed by atoms with van der Waals surface area (Å²) in [4.78, 5) is 0. The lowest BCUT2D eigenvalue weighted by atomic mass is 10.0. The zero-order valence-corrected chi connectivity index (χ0v) is 10.5. The van der Waals surface area contributed by atoms with Gasteiger partial charge in [-0.25, -0.2) is 0 Å². The number of likely N-dealkylation sites (N-methyl/N-ethyl adjacent to an activating group) is 1. The van der Waals surface area contributed by atoms with Crippen molar-refractivity contribution in [2.24, 2.45) is 0 Å². The lowest BCUT2D eigenvalue weighted by Crippen LogP contribution is -2.42. The summed E-state index contributed by atoms with van der Waals surface area (Å²) < 4.78 is 11.9. The van der Waals surface area contributed by atoms with Gasteiger partial charge in [0.1, 0.15) is 0 Å². The Morgan fingerprint density at radius 2 is 2.06 bits per heavy atom. The monoisotopic (exact) mass is 227 g/mol. The van der Waals surface area contributed by atoms with Crippen molar-refractivity contribution in [3.8, 4) is 0 Å². The number of nitrogens with one attached hydrogen (secondary N) is 1. The lowest BCUT2D eigenvalue weighted by Gasteiger charge is -2.32. The third-order valence-corrected chi connectivity index (χ3v) is 3.86. The summed E-state index contributed by atoms with van der Waals surface area (Å²) in [5.74, 6) is 0. The zero-order valence-electron chi connectivity index (χ0n) is 10.5. The maximum absolute atomic E-state index is 6.18. The van der Waals surface area contributed by atoms with Crippen molar-refractivity contribution < 1.29 is 9.47 Å². The minimum atomic E-state index is 0.107. The Bertz CT molecular complexity index is 196. The molecule has 16 heavy (non-hydrogen) atoms. The van der Waals surface area contributed by atoms with Crippen molar-refractivity contribution in [1.29, 1.82) is 0 Å². The molecule has 1 aliphatic heterocycles. The van der Waals surface area contributed by atoms with Crippen LogP contribution in [0.15, 0.2) is 0 Å². The van der Waals surface area contributed by atoms with E-state index >= 15 is 0 Å². The van der Waals surface area contributed by atoms with E-state index in [9.17, 15) is 0 Å². The molecule has 3 heteroatoms. The van der Waals surface area contributed by atoms with Crippen LogP contribution in [0, 0.1) is 0 Å². The topological polar surface area (TPSA) is 30.5 Å². The maximum Gasteiger partial charge on any atom is 0.0808 e. The minimum absolute atomic E-state index is 0.107. The Morgan fingerprint density at radius 1 is 1.25 bits per heavy atom. The largest absolute Gasteiger partial charge is 0.376 e. The molecule has 0 radical (unpaired) electrons. The molecule has 1 saturated heterocycles. The Balaban J connectivity index is 1.76.